The van der Waals surface area contributed by atoms with E-state index in [1.165, 1.54) is 12.1 Å². The van der Waals surface area contributed by atoms with Crippen LogP contribution in [0.25, 0.3) is 0 Å². The van der Waals surface area contributed by atoms with Gasteiger partial charge >= 0.3 is 12.2 Å². The van der Waals surface area contributed by atoms with Gasteiger partial charge in [-0.1, -0.05) is 24.6 Å². The van der Waals surface area contributed by atoms with Crippen LogP contribution >= 0.6 is 0 Å². The molecule has 0 saturated heterocycles. The highest BCUT2D eigenvalue weighted by Crippen LogP contribution is 2.44. The molecular weight excluding hydrogens is 309 g/mol. The molecule has 0 atom stereocenters. The van der Waals surface area contributed by atoms with Crippen molar-refractivity contribution in [2.45, 2.75) is 37.3 Å². The number of urea groups is 1. The molecule has 4 nitrogen and oxygen atoms in total. The number of aliphatic hydroxyl groups excluding tert-OH is 1. The molecule has 1 aromatic carbocycles. The summed E-state index contributed by atoms with van der Waals surface area (Å²) in [4.78, 5) is 11.7. The van der Waals surface area contributed by atoms with Gasteiger partial charge in [0.25, 0.3) is 0 Å². The summed E-state index contributed by atoms with van der Waals surface area (Å²) in [6, 6.07) is 4.99. The van der Waals surface area contributed by atoms with Crippen LogP contribution in [0, 0.1) is 0 Å². The number of hydrogen-bond donors (Lipinski definition) is 3. The van der Waals surface area contributed by atoms with Crippen molar-refractivity contribution in [3.63, 3.8) is 0 Å². The summed E-state index contributed by atoms with van der Waals surface area (Å²) in [5.74, 6) is 0. The van der Waals surface area contributed by atoms with Crippen LogP contribution in [0.15, 0.2) is 24.3 Å². The fourth-order valence-corrected chi connectivity index (χ4v) is 2.79. The summed E-state index contributed by atoms with van der Waals surface area (Å²) in [6.07, 6.45) is -1.46. The maximum atomic E-state index is 12.9. The smallest absolute Gasteiger partial charge is 0.396 e. The van der Waals surface area contributed by atoms with Gasteiger partial charge in [0.1, 0.15) is 0 Å². The number of alkyl halides is 3. The van der Waals surface area contributed by atoms with Crippen molar-refractivity contribution in [2.75, 3.05) is 19.7 Å². The van der Waals surface area contributed by atoms with E-state index in [0.717, 1.165) is 25.3 Å². The van der Waals surface area contributed by atoms with E-state index < -0.39 is 17.2 Å². The summed E-state index contributed by atoms with van der Waals surface area (Å²) in [5, 5.41) is 14.0. The number of rotatable bonds is 6. The van der Waals surface area contributed by atoms with Crippen molar-refractivity contribution in [1.29, 1.82) is 0 Å². The Kier molecular flexibility index (Phi) is 5.51. The molecule has 0 heterocycles. The van der Waals surface area contributed by atoms with E-state index >= 15 is 0 Å². The third-order valence-corrected chi connectivity index (χ3v) is 4.32. The number of hydrogen-bond acceptors (Lipinski definition) is 2. The molecule has 0 radical (unpaired) electrons. The van der Waals surface area contributed by atoms with Gasteiger partial charge in [0.05, 0.1) is 5.56 Å². The lowest BCUT2D eigenvalue weighted by Crippen LogP contribution is -2.48. The maximum absolute atomic E-state index is 12.9. The molecule has 0 spiro atoms. The lowest BCUT2D eigenvalue weighted by molar-refractivity contribution is -0.137. The summed E-state index contributed by atoms with van der Waals surface area (Å²) in [5.41, 5.74) is -0.460. The van der Waals surface area contributed by atoms with Crippen LogP contribution in [0.5, 0.6) is 0 Å². The van der Waals surface area contributed by atoms with Crippen molar-refractivity contribution in [2.24, 2.45) is 0 Å². The van der Waals surface area contributed by atoms with Crippen LogP contribution in [0.4, 0.5) is 18.0 Å². The Morgan fingerprint density at radius 2 is 2.00 bits per heavy atom. The second-order valence-corrected chi connectivity index (χ2v) is 5.90. The first-order valence-electron chi connectivity index (χ1n) is 7.68. The molecule has 2 amide bonds. The van der Waals surface area contributed by atoms with Gasteiger partial charge in [-0.15, -0.1) is 0 Å². The van der Waals surface area contributed by atoms with E-state index in [4.69, 9.17) is 5.11 Å². The van der Waals surface area contributed by atoms with Gasteiger partial charge in [0, 0.05) is 25.1 Å². The minimum Gasteiger partial charge on any atom is -0.396 e. The Morgan fingerprint density at radius 3 is 2.57 bits per heavy atom. The van der Waals surface area contributed by atoms with Crippen LogP contribution in [-0.2, 0) is 11.6 Å². The number of amides is 2. The second-order valence-electron chi connectivity index (χ2n) is 5.90. The van der Waals surface area contributed by atoms with Gasteiger partial charge in [0.15, 0.2) is 0 Å². The van der Waals surface area contributed by atoms with Gasteiger partial charge in [-0.3, -0.25) is 0 Å². The zero-order valence-corrected chi connectivity index (χ0v) is 12.7. The van der Waals surface area contributed by atoms with E-state index in [-0.39, 0.29) is 12.6 Å². The molecule has 1 aliphatic rings. The highest BCUT2D eigenvalue weighted by molar-refractivity contribution is 5.74. The van der Waals surface area contributed by atoms with Crippen LogP contribution in [0.2, 0.25) is 0 Å². The predicted molar refractivity (Wildman–Crippen MR) is 80.1 cm³/mol. The SMILES string of the molecule is O=C(NCCCO)NCC1(c2cccc(C(F)(F)F)c2)CCC1. The van der Waals surface area contributed by atoms with Crippen molar-refractivity contribution < 1.29 is 23.1 Å². The summed E-state index contributed by atoms with van der Waals surface area (Å²) >= 11 is 0. The third-order valence-electron chi connectivity index (χ3n) is 4.32. The number of halogens is 3. The first kappa shape index (κ1) is 17.6. The van der Waals surface area contributed by atoms with E-state index in [2.05, 4.69) is 10.6 Å². The molecule has 1 saturated carbocycles. The first-order chi connectivity index (χ1) is 10.9. The molecule has 0 aromatic heterocycles. The minimum atomic E-state index is -4.37. The first-order valence-corrected chi connectivity index (χ1v) is 7.68. The zero-order valence-electron chi connectivity index (χ0n) is 12.7. The van der Waals surface area contributed by atoms with Crippen molar-refractivity contribution in [1.82, 2.24) is 10.6 Å². The number of aliphatic hydroxyl groups is 1. The van der Waals surface area contributed by atoms with Crippen LogP contribution < -0.4 is 10.6 Å². The summed E-state index contributed by atoms with van der Waals surface area (Å²) < 4.78 is 38.6. The Balaban J connectivity index is 2.02. The molecule has 0 unspecified atom stereocenters. The van der Waals surface area contributed by atoms with Gasteiger partial charge in [-0.2, -0.15) is 13.2 Å². The standard InChI is InChI=1S/C16H21F3N2O2/c17-16(18,19)13-5-1-4-12(10-13)15(6-2-7-15)11-21-14(23)20-8-3-9-22/h1,4-5,10,22H,2-3,6-9,11H2,(H2,20,21,23). The lowest BCUT2D eigenvalue weighted by Gasteiger charge is -2.42. The van der Waals surface area contributed by atoms with Gasteiger partial charge < -0.3 is 15.7 Å². The molecule has 128 valence electrons. The number of benzene rings is 1. The van der Waals surface area contributed by atoms with Crippen molar-refractivity contribution in [3.05, 3.63) is 35.4 Å². The molecule has 23 heavy (non-hydrogen) atoms. The van der Waals surface area contributed by atoms with Gasteiger partial charge in [-0.05, 0) is 30.9 Å². The highest BCUT2D eigenvalue weighted by atomic mass is 19.4. The molecule has 7 heteroatoms. The number of nitrogens with one attached hydrogen (secondary N) is 2. The Morgan fingerprint density at radius 1 is 1.26 bits per heavy atom. The predicted octanol–water partition coefficient (Wildman–Crippen LogP) is 2.81. The molecule has 1 aliphatic carbocycles. The molecule has 2 rings (SSSR count). The highest BCUT2D eigenvalue weighted by Gasteiger charge is 2.40. The van der Waals surface area contributed by atoms with Gasteiger partial charge in [-0.25, -0.2) is 4.79 Å². The average molecular weight is 330 g/mol. The Bertz CT molecular complexity index is 542. The molecule has 1 fully saturated rings. The number of carbonyl (C=O) groups excluding carboxylic acids is 1. The molecular formula is C16H21F3N2O2. The fraction of sp³-hybridized carbons (Fsp3) is 0.562. The molecule has 1 aromatic rings. The Labute approximate surface area is 133 Å². The topological polar surface area (TPSA) is 61.4 Å². The van der Waals surface area contributed by atoms with Gasteiger partial charge in [0.2, 0.25) is 0 Å². The monoisotopic (exact) mass is 330 g/mol. The van der Waals surface area contributed by atoms with Crippen LogP contribution in [0.3, 0.4) is 0 Å². The average Bonchev–Trinajstić information content (AvgIpc) is 2.46. The third kappa shape index (κ3) is 4.37. The van der Waals surface area contributed by atoms with E-state index in [0.29, 0.717) is 25.1 Å². The largest absolute Gasteiger partial charge is 0.416 e. The summed E-state index contributed by atoms with van der Waals surface area (Å²) in [6.45, 7) is 0.659. The fourth-order valence-electron chi connectivity index (χ4n) is 2.79. The quantitative estimate of drug-likeness (QED) is 0.703. The van der Waals surface area contributed by atoms with Crippen LogP contribution in [-0.4, -0.2) is 30.8 Å². The van der Waals surface area contributed by atoms with Crippen LogP contribution in [0.1, 0.15) is 36.8 Å². The Hall–Kier alpha value is -1.76. The van der Waals surface area contributed by atoms with Crippen molar-refractivity contribution >= 4 is 6.03 Å². The second kappa shape index (κ2) is 7.21. The number of carbonyl (C=O) groups is 1. The molecule has 3 N–H and O–H groups in total. The summed E-state index contributed by atoms with van der Waals surface area (Å²) in [7, 11) is 0. The maximum Gasteiger partial charge on any atom is 0.416 e. The van der Waals surface area contributed by atoms with E-state index in [1.54, 1.807) is 6.07 Å². The van der Waals surface area contributed by atoms with Crippen molar-refractivity contribution in [3.8, 4) is 0 Å². The minimum absolute atomic E-state index is 0.00550. The normalized spacial score (nSPS) is 16.5. The van der Waals surface area contributed by atoms with E-state index in [1.807, 2.05) is 0 Å². The molecule has 0 aliphatic heterocycles. The lowest BCUT2D eigenvalue weighted by atomic mass is 9.64. The van der Waals surface area contributed by atoms with E-state index in [9.17, 15) is 18.0 Å². The zero-order chi connectivity index (χ0) is 16.9. The molecule has 0 bridgehead atoms.